The molecule has 2 aromatic rings. The van der Waals surface area contributed by atoms with Crippen LogP contribution in [0.3, 0.4) is 0 Å². The minimum Gasteiger partial charge on any atom is -0.483 e. The molecule has 156 valence electrons. The molecule has 1 aliphatic heterocycles. The Kier molecular flexibility index (Phi) is 6.89. The smallest absolute Gasteiger partial charge is 0.258 e. The van der Waals surface area contributed by atoms with Crippen molar-refractivity contribution in [3.63, 3.8) is 0 Å². The molecule has 8 heteroatoms. The molecule has 7 nitrogen and oxygen atoms in total. The molecule has 0 aromatic heterocycles. The molecule has 0 saturated carbocycles. The third kappa shape index (κ3) is 5.35. The van der Waals surface area contributed by atoms with Crippen LogP contribution in [0.25, 0.3) is 0 Å². The standard InChI is InChI=1S/C21H26N2O5S/c1-16-4-3-5-17(2)21(16)28-15-20(24)22-14-18-6-8-19(9-7-18)29(25,26)23-10-12-27-13-11-23/h3-9H,10-15H2,1-2H3,(H,22,24). The molecular formula is C21H26N2O5S. The van der Waals surface area contributed by atoms with Crippen LogP contribution in [0, 0.1) is 13.8 Å². The maximum absolute atomic E-state index is 12.6. The fourth-order valence-corrected chi connectivity index (χ4v) is 4.54. The first kappa shape index (κ1) is 21.3. The molecule has 1 amide bonds. The number of sulfonamides is 1. The van der Waals surface area contributed by atoms with Crippen molar-refractivity contribution < 1.29 is 22.7 Å². The number of carbonyl (C=O) groups excluding carboxylic acids is 1. The Morgan fingerprint density at radius 1 is 1.07 bits per heavy atom. The molecule has 1 aliphatic rings. The van der Waals surface area contributed by atoms with Gasteiger partial charge in [-0.05, 0) is 42.7 Å². The van der Waals surface area contributed by atoms with Crippen LogP contribution in [0.2, 0.25) is 0 Å². The summed E-state index contributed by atoms with van der Waals surface area (Å²) in [4.78, 5) is 12.3. The van der Waals surface area contributed by atoms with Crippen molar-refractivity contribution in [2.45, 2.75) is 25.3 Å². The second-order valence-corrected chi connectivity index (χ2v) is 8.88. The van der Waals surface area contributed by atoms with Crippen LogP contribution in [0.4, 0.5) is 0 Å². The van der Waals surface area contributed by atoms with Gasteiger partial charge in [0.05, 0.1) is 18.1 Å². The van der Waals surface area contributed by atoms with Gasteiger partial charge in [-0.25, -0.2) is 8.42 Å². The van der Waals surface area contributed by atoms with Gasteiger partial charge in [0.15, 0.2) is 6.61 Å². The predicted octanol–water partition coefficient (Wildman–Crippen LogP) is 2.02. The van der Waals surface area contributed by atoms with Gasteiger partial charge in [0.25, 0.3) is 5.91 Å². The number of benzene rings is 2. The number of hydrogen-bond acceptors (Lipinski definition) is 5. The summed E-state index contributed by atoms with van der Waals surface area (Å²) in [6, 6.07) is 12.4. The molecule has 1 N–H and O–H groups in total. The second-order valence-electron chi connectivity index (χ2n) is 6.95. The quantitative estimate of drug-likeness (QED) is 0.744. The lowest BCUT2D eigenvalue weighted by atomic mass is 10.1. The van der Waals surface area contributed by atoms with Gasteiger partial charge in [0.2, 0.25) is 10.0 Å². The zero-order valence-corrected chi connectivity index (χ0v) is 17.5. The lowest BCUT2D eigenvalue weighted by Gasteiger charge is -2.26. The van der Waals surface area contributed by atoms with E-state index in [1.807, 2.05) is 32.0 Å². The van der Waals surface area contributed by atoms with Crippen molar-refractivity contribution in [3.05, 3.63) is 59.2 Å². The van der Waals surface area contributed by atoms with Crippen LogP contribution in [0.1, 0.15) is 16.7 Å². The summed E-state index contributed by atoms with van der Waals surface area (Å²) in [6.07, 6.45) is 0. The summed E-state index contributed by atoms with van der Waals surface area (Å²) in [5.41, 5.74) is 2.77. The number of nitrogens with zero attached hydrogens (tertiary/aromatic N) is 1. The summed E-state index contributed by atoms with van der Waals surface area (Å²) in [6.45, 7) is 5.64. The molecule has 1 fully saturated rings. The van der Waals surface area contributed by atoms with Crippen molar-refractivity contribution in [2.75, 3.05) is 32.9 Å². The molecule has 1 heterocycles. The molecule has 3 rings (SSSR count). The SMILES string of the molecule is Cc1cccc(C)c1OCC(=O)NCc1ccc(S(=O)(=O)N2CCOCC2)cc1. The van der Waals surface area contributed by atoms with Gasteiger partial charge in [-0.3, -0.25) is 4.79 Å². The summed E-state index contributed by atoms with van der Waals surface area (Å²) < 4.78 is 37.5. The average Bonchev–Trinajstić information content (AvgIpc) is 2.73. The zero-order valence-electron chi connectivity index (χ0n) is 16.7. The maximum atomic E-state index is 12.6. The highest BCUT2D eigenvalue weighted by Gasteiger charge is 2.26. The van der Waals surface area contributed by atoms with E-state index in [0.717, 1.165) is 22.4 Å². The minimum absolute atomic E-state index is 0.0742. The number of hydrogen-bond donors (Lipinski definition) is 1. The Bertz CT molecular complexity index is 931. The number of rotatable bonds is 7. The first-order valence-electron chi connectivity index (χ1n) is 9.50. The maximum Gasteiger partial charge on any atom is 0.258 e. The van der Waals surface area contributed by atoms with E-state index in [1.54, 1.807) is 24.3 Å². The molecule has 2 aromatic carbocycles. The Labute approximate surface area is 171 Å². The van der Waals surface area contributed by atoms with E-state index in [1.165, 1.54) is 4.31 Å². The lowest BCUT2D eigenvalue weighted by Crippen LogP contribution is -2.40. The van der Waals surface area contributed by atoms with Gasteiger partial charge in [-0.15, -0.1) is 0 Å². The number of morpholine rings is 1. The minimum atomic E-state index is -3.51. The zero-order chi connectivity index (χ0) is 20.9. The molecular weight excluding hydrogens is 392 g/mol. The third-order valence-corrected chi connectivity index (χ3v) is 6.69. The number of ether oxygens (including phenoxy) is 2. The molecule has 0 unspecified atom stereocenters. The van der Waals surface area contributed by atoms with Crippen molar-refractivity contribution >= 4 is 15.9 Å². The molecule has 0 radical (unpaired) electrons. The van der Waals surface area contributed by atoms with Crippen LogP contribution >= 0.6 is 0 Å². The molecule has 1 saturated heterocycles. The second kappa shape index (κ2) is 9.39. The van der Waals surface area contributed by atoms with Gasteiger partial charge >= 0.3 is 0 Å². The van der Waals surface area contributed by atoms with Gasteiger partial charge in [0.1, 0.15) is 5.75 Å². The molecule has 0 bridgehead atoms. The van der Waals surface area contributed by atoms with Crippen LogP contribution in [-0.2, 0) is 26.1 Å². The van der Waals surface area contributed by atoms with E-state index < -0.39 is 10.0 Å². The van der Waals surface area contributed by atoms with Gasteiger partial charge < -0.3 is 14.8 Å². The van der Waals surface area contributed by atoms with Gasteiger partial charge in [0, 0.05) is 19.6 Å². The van der Waals surface area contributed by atoms with Gasteiger partial charge in [-0.2, -0.15) is 4.31 Å². The number of para-hydroxylation sites is 1. The highest BCUT2D eigenvalue weighted by molar-refractivity contribution is 7.89. The molecule has 0 spiro atoms. The largest absolute Gasteiger partial charge is 0.483 e. The predicted molar refractivity (Wildman–Crippen MR) is 109 cm³/mol. The fraction of sp³-hybridized carbons (Fsp3) is 0.381. The number of amides is 1. The highest BCUT2D eigenvalue weighted by atomic mass is 32.2. The molecule has 29 heavy (non-hydrogen) atoms. The van der Waals surface area contributed by atoms with E-state index in [-0.39, 0.29) is 17.4 Å². The number of aryl methyl sites for hydroxylation is 2. The van der Waals surface area contributed by atoms with Crippen LogP contribution in [0.5, 0.6) is 5.75 Å². The van der Waals surface area contributed by atoms with Crippen molar-refractivity contribution in [3.8, 4) is 5.75 Å². The number of nitrogens with one attached hydrogen (secondary N) is 1. The van der Waals surface area contributed by atoms with Crippen molar-refractivity contribution in [2.24, 2.45) is 0 Å². The Balaban J connectivity index is 1.53. The lowest BCUT2D eigenvalue weighted by molar-refractivity contribution is -0.123. The molecule has 0 aliphatic carbocycles. The topological polar surface area (TPSA) is 84.9 Å². The van der Waals surface area contributed by atoms with E-state index in [4.69, 9.17) is 9.47 Å². The molecule has 0 atom stereocenters. The van der Waals surface area contributed by atoms with Crippen LogP contribution in [0.15, 0.2) is 47.4 Å². The number of carbonyl (C=O) groups is 1. The highest BCUT2D eigenvalue weighted by Crippen LogP contribution is 2.22. The fourth-order valence-electron chi connectivity index (χ4n) is 3.13. The Hall–Kier alpha value is -2.42. The van der Waals surface area contributed by atoms with E-state index >= 15 is 0 Å². The summed E-state index contributed by atoms with van der Waals surface area (Å²) in [5.74, 6) is 0.484. The van der Waals surface area contributed by atoms with E-state index in [2.05, 4.69) is 5.32 Å². The Morgan fingerprint density at radius 3 is 2.31 bits per heavy atom. The summed E-state index contributed by atoms with van der Waals surface area (Å²) >= 11 is 0. The van der Waals surface area contributed by atoms with Crippen molar-refractivity contribution in [1.82, 2.24) is 9.62 Å². The first-order chi connectivity index (χ1) is 13.9. The monoisotopic (exact) mass is 418 g/mol. The van der Waals surface area contributed by atoms with Gasteiger partial charge in [-0.1, -0.05) is 30.3 Å². The summed E-state index contributed by atoms with van der Waals surface area (Å²) in [5, 5.41) is 2.79. The Morgan fingerprint density at radius 2 is 1.69 bits per heavy atom. The van der Waals surface area contributed by atoms with Crippen LogP contribution < -0.4 is 10.1 Å². The van der Waals surface area contributed by atoms with E-state index in [9.17, 15) is 13.2 Å². The third-order valence-electron chi connectivity index (χ3n) is 4.78. The normalized spacial score (nSPS) is 15.1. The first-order valence-corrected chi connectivity index (χ1v) is 10.9. The summed E-state index contributed by atoms with van der Waals surface area (Å²) in [7, 11) is -3.51. The average molecular weight is 419 g/mol. The van der Waals surface area contributed by atoms with E-state index in [0.29, 0.717) is 32.8 Å². The van der Waals surface area contributed by atoms with Crippen molar-refractivity contribution in [1.29, 1.82) is 0 Å². The van der Waals surface area contributed by atoms with Crippen LogP contribution in [-0.4, -0.2) is 51.5 Å².